The molecule has 1 aliphatic heterocycles. The van der Waals surface area contributed by atoms with Gasteiger partial charge in [0.1, 0.15) is 5.75 Å². The number of piperazine rings is 1. The Kier molecular flexibility index (Phi) is 5.86. The van der Waals surface area contributed by atoms with E-state index >= 15 is 0 Å². The molecule has 4 rings (SSSR count). The van der Waals surface area contributed by atoms with Crippen molar-refractivity contribution < 1.29 is 9.53 Å². The minimum Gasteiger partial charge on any atom is -0.497 e. The molecule has 0 aliphatic carbocycles. The molecule has 0 radical (unpaired) electrons. The molecule has 0 spiro atoms. The minimum absolute atomic E-state index is 0.0799. The van der Waals surface area contributed by atoms with Gasteiger partial charge in [0.15, 0.2) is 0 Å². The molecule has 1 saturated heterocycles. The maximum Gasteiger partial charge on any atom is 0.257 e. The van der Waals surface area contributed by atoms with Crippen LogP contribution in [0.3, 0.4) is 0 Å². The summed E-state index contributed by atoms with van der Waals surface area (Å²) in [6, 6.07) is 18.1. The van der Waals surface area contributed by atoms with E-state index in [1.54, 1.807) is 7.11 Å². The lowest BCUT2D eigenvalue weighted by Crippen LogP contribution is -2.48. The van der Waals surface area contributed by atoms with Crippen molar-refractivity contribution in [1.29, 1.82) is 0 Å². The Labute approximate surface area is 177 Å². The molecular formula is C24H28N4O2. The lowest BCUT2D eigenvalue weighted by molar-refractivity contribution is 0.0627. The zero-order valence-electron chi connectivity index (χ0n) is 17.8. The molecule has 2 heterocycles. The highest BCUT2D eigenvalue weighted by Gasteiger charge is 2.27. The first-order valence-corrected chi connectivity index (χ1v) is 10.3. The fourth-order valence-electron chi connectivity index (χ4n) is 4.03. The Morgan fingerprint density at radius 3 is 2.27 bits per heavy atom. The van der Waals surface area contributed by atoms with Crippen molar-refractivity contribution in [3.05, 3.63) is 77.1 Å². The Balaban J connectivity index is 1.41. The van der Waals surface area contributed by atoms with Crippen LogP contribution in [0.4, 0.5) is 0 Å². The summed E-state index contributed by atoms with van der Waals surface area (Å²) in [6.45, 7) is 7.95. The maximum atomic E-state index is 13.3. The number of methoxy groups -OCH3 is 1. The number of benzene rings is 2. The molecule has 1 fully saturated rings. The van der Waals surface area contributed by atoms with E-state index in [2.05, 4.69) is 22.1 Å². The molecule has 6 heteroatoms. The standard InChI is InChI=1S/C24H28N4O2/c1-18-23(19(2)28(25-18)21-7-5-4-6-8-21)24(29)27-15-13-26(14-16-27)17-20-9-11-22(30-3)12-10-20/h4-12H,13-17H2,1-3H3. The van der Waals surface area contributed by atoms with Crippen LogP contribution in [-0.4, -0.2) is 58.8 Å². The molecule has 30 heavy (non-hydrogen) atoms. The average Bonchev–Trinajstić information content (AvgIpc) is 3.09. The predicted octanol–water partition coefficient (Wildman–Crippen LogP) is 3.46. The van der Waals surface area contributed by atoms with Crippen LogP contribution < -0.4 is 4.74 Å². The number of carbonyl (C=O) groups excluding carboxylic acids is 1. The fraction of sp³-hybridized carbons (Fsp3) is 0.333. The first-order valence-electron chi connectivity index (χ1n) is 10.3. The third kappa shape index (κ3) is 4.09. The van der Waals surface area contributed by atoms with Gasteiger partial charge in [0, 0.05) is 32.7 Å². The van der Waals surface area contributed by atoms with Crippen LogP contribution in [0.1, 0.15) is 27.3 Å². The molecule has 156 valence electrons. The van der Waals surface area contributed by atoms with Gasteiger partial charge in [-0.15, -0.1) is 0 Å². The van der Waals surface area contributed by atoms with Crippen molar-refractivity contribution in [2.24, 2.45) is 0 Å². The lowest BCUT2D eigenvalue weighted by Gasteiger charge is -2.34. The van der Waals surface area contributed by atoms with Crippen LogP contribution in [0.5, 0.6) is 5.75 Å². The predicted molar refractivity (Wildman–Crippen MR) is 117 cm³/mol. The number of para-hydroxylation sites is 1. The minimum atomic E-state index is 0.0799. The monoisotopic (exact) mass is 404 g/mol. The van der Waals surface area contributed by atoms with Gasteiger partial charge in [-0.05, 0) is 43.7 Å². The number of aryl methyl sites for hydroxylation is 1. The first kappa shape index (κ1) is 20.2. The van der Waals surface area contributed by atoms with Gasteiger partial charge in [0.05, 0.1) is 29.7 Å². The molecule has 0 bridgehead atoms. The number of ether oxygens (including phenoxy) is 1. The van der Waals surface area contributed by atoms with E-state index < -0.39 is 0 Å². The van der Waals surface area contributed by atoms with Crippen molar-refractivity contribution in [2.75, 3.05) is 33.3 Å². The first-order chi connectivity index (χ1) is 14.6. The van der Waals surface area contributed by atoms with E-state index in [1.807, 2.05) is 65.9 Å². The highest BCUT2D eigenvalue weighted by atomic mass is 16.5. The zero-order valence-corrected chi connectivity index (χ0v) is 17.8. The quantitative estimate of drug-likeness (QED) is 0.654. The summed E-state index contributed by atoms with van der Waals surface area (Å²) in [6.07, 6.45) is 0. The largest absolute Gasteiger partial charge is 0.497 e. The molecule has 1 aliphatic rings. The van der Waals surface area contributed by atoms with Crippen molar-refractivity contribution in [2.45, 2.75) is 20.4 Å². The van der Waals surface area contributed by atoms with Crippen molar-refractivity contribution >= 4 is 5.91 Å². The Bertz CT molecular complexity index is 1000. The van der Waals surface area contributed by atoms with Gasteiger partial charge >= 0.3 is 0 Å². The van der Waals surface area contributed by atoms with Gasteiger partial charge in [-0.25, -0.2) is 4.68 Å². The number of carbonyl (C=O) groups is 1. The fourth-order valence-corrected chi connectivity index (χ4v) is 4.03. The normalized spacial score (nSPS) is 14.7. The third-order valence-electron chi connectivity index (χ3n) is 5.73. The van der Waals surface area contributed by atoms with Gasteiger partial charge < -0.3 is 9.64 Å². The van der Waals surface area contributed by atoms with E-state index in [9.17, 15) is 4.79 Å². The third-order valence-corrected chi connectivity index (χ3v) is 5.73. The summed E-state index contributed by atoms with van der Waals surface area (Å²) in [5.41, 5.74) is 4.63. The molecule has 0 N–H and O–H groups in total. The number of rotatable bonds is 5. The van der Waals surface area contributed by atoms with E-state index in [-0.39, 0.29) is 5.91 Å². The van der Waals surface area contributed by atoms with Crippen LogP contribution in [0.15, 0.2) is 54.6 Å². The Morgan fingerprint density at radius 1 is 0.967 bits per heavy atom. The summed E-state index contributed by atoms with van der Waals surface area (Å²) in [5.74, 6) is 0.951. The highest BCUT2D eigenvalue weighted by molar-refractivity contribution is 5.96. The number of hydrogen-bond donors (Lipinski definition) is 0. The topological polar surface area (TPSA) is 50.6 Å². The van der Waals surface area contributed by atoms with Crippen LogP contribution in [0, 0.1) is 13.8 Å². The van der Waals surface area contributed by atoms with Gasteiger partial charge in [-0.2, -0.15) is 5.10 Å². The number of nitrogens with zero attached hydrogens (tertiary/aromatic N) is 4. The molecule has 0 saturated carbocycles. The van der Waals surface area contributed by atoms with Crippen LogP contribution in [0.25, 0.3) is 5.69 Å². The average molecular weight is 405 g/mol. The summed E-state index contributed by atoms with van der Waals surface area (Å²) in [4.78, 5) is 17.6. The van der Waals surface area contributed by atoms with Gasteiger partial charge in [-0.3, -0.25) is 9.69 Å². The maximum absolute atomic E-state index is 13.3. The van der Waals surface area contributed by atoms with E-state index in [0.29, 0.717) is 0 Å². The number of aromatic nitrogens is 2. The second-order valence-electron chi connectivity index (χ2n) is 7.71. The highest BCUT2D eigenvalue weighted by Crippen LogP contribution is 2.21. The lowest BCUT2D eigenvalue weighted by atomic mass is 10.1. The number of hydrogen-bond acceptors (Lipinski definition) is 4. The number of amides is 1. The summed E-state index contributed by atoms with van der Waals surface area (Å²) >= 11 is 0. The molecule has 2 aromatic carbocycles. The van der Waals surface area contributed by atoms with E-state index in [4.69, 9.17) is 4.74 Å². The van der Waals surface area contributed by atoms with Crippen LogP contribution in [0.2, 0.25) is 0 Å². The molecule has 1 aromatic heterocycles. The van der Waals surface area contributed by atoms with Gasteiger partial charge in [-0.1, -0.05) is 30.3 Å². The van der Waals surface area contributed by atoms with Crippen molar-refractivity contribution in [3.63, 3.8) is 0 Å². The summed E-state index contributed by atoms with van der Waals surface area (Å²) in [7, 11) is 1.68. The Morgan fingerprint density at radius 2 is 1.63 bits per heavy atom. The van der Waals surface area contributed by atoms with Crippen molar-refractivity contribution in [3.8, 4) is 11.4 Å². The molecule has 0 atom stereocenters. The van der Waals surface area contributed by atoms with E-state index in [0.717, 1.165) is 61.1 Å². The molecule has 1 amide bonds. The molecule has 0 unspecified atom stereocenters. The Hall–Kier alpha value is -3.12. The second kappa shape index (κ2) is 8.71. The second-order valence-corrected chi connectivity index (χ2v) is 7.71. The van der Waals surface area contributed by atoms with E-state index in [1.165, 1.54) is 5.56 Å². The summed E-state index contributed by atoms with van der Waals surface area (Å²) < 4.78 is 7.09. The van der Waals surface area contributed by atoms with Crippen molar-refractivity contribution in [1.82, 2.24) is 19.6 Å². The van der Waals surface area contributed by atoms with Crippen LogP contribution >= 0.6 is 0 Å². The van der Waals surface area contributed by atoms with Gasteiger partial charge in [0.2, 0.25) is 0 Å². The molecular weight excluding hydrogens is 376 g/mol. The SMILES string of the molecule is COc1ccc(CN2CCN(C(=O)c3c(C)nn(-c4ccccc4)c3C)CC2)cc1. The van der Waals surface area contributed by atoms with Gasteiger partial charge in [0.25, 0.3) is 5.91 Å². The van der Waals surface area contributed by atoms with Crippen LogP contribution in [-0.2, 0) is 6.54 Å². The smallest absolute Gasteiger partial charge is 0.257 e. The molecule has 6 nitrogen and oxygen atoms in total. The summed E-state index contributed by atoms with van der Waals surface area (Å²) in [5, 5.41) is 4.63. The molecule has 3 aromatic rings. The zero-order chi connectivity index (χ0) is 21.1.